The van der Waals surface area contributed by atoms with E-state index in [0.717, 1.165) is 17.5 Å². The van der Waals surface area contributed by atoms with Gasteiger partial charge in [0.25, 0.3) is 0 Å². The second-order valence-electron chi connectivity index (χ2n) is 5.78. The highest BCUT2D eigenvalue weighted by Gasteiger charge is 2.44. The zero-order chi connectivity index (χ0) is 12.3. The van der Waals surface area contributed by atoms with Gasteiger partial charge in [-0.3, -0.25) is 4.98 Å². The topological polar surface area (TPSA) is 56.2 Å². The molecule has 2 bridgehead atoms. The summed E-state index contributed by atoms with van der Waals surface area (Å²) in [7, 11) is 0. The SMILES string of the molecule is CC1=CC2c3c(O)[nH]c(O)c3C1CC2C(C)C. The smallest absolute Gasteiger partial charge is 0.195 e. The molecule has 1 heterocycles. The number of hydrogen-bond donors (Lipinski definition) is 3. The Labute approximate surface area is 101 Å². The van der Waals surface area contributed by atoms with Crippen LogP contribution in [-0.4, -0.2) is 15.2 Å². The van der Waals surface area contributed by atoms with Crippen LogP contribution in [0.25, 0.3) is 0 Å². The van der Waals surface area contributed by atoms with E-state index in [4.69, 9.17) is 0 Å². The number of hydrogen-bond acceptors (Lipinski definition) is 2. The molecule has 1 aromatic heterocycles. The van der Waals surface area contributed by atoms with Crippen LogP contribution >= 0.6 is 0 Å². The van der Waals surface area contributed by atoms with Gasteiger partial charge >= 0.3 is 0 Å². The van der Waals surface area contributed by atoms with E-state index in [0.29, 0.717) is 11.8 Å². The fourth-order valence-electron chi connectivity index (χ4n) is 3.65. The normalized spacial score (nSPS) is 30.6. The van der Waals surface area contributed by atoms with Gasteiger partial charge in [-0.2, -0.15) is 0 Å². The predicted molar refractivity (Wildman–Crippen MR) is 66.3 cm³/mol. The number of H-pyrrole nitrogens is 1. The second-order valence-corrected chi connectivity index (χ2v) is 5.78. The van der Waals surface area contributed by atoms with Gasteiger partial charge in [-0.15, -0.1) is 0 Å². The molecule has 3 nitrogen and oxygen atoms in total. The van der Waals surface area contributed by atoms with Crippen molar-refractivity contribution in [3.8, 4) is 11.8 Å². The quantitative estimate of drug-likeness (QED) is 0.652. The summed E-state index contributed by atoms with van der Waals surface area (Å²) < 4.78 is 0. The minimum absolute atomic E-state index is 0.154. The first-order valence-corrected chi connectivity index (χ1v) is 6.32. The van der Waals surface area contributed by atoms with E-state index in [1.165, 1.54) is 5.57 Å². The van der Waals surface area contributed by atoms with Crippen LogP contribution in [0, 0.1) is 11.8 Å². The molecule has 3 N–H and O–H groups in total. The van der Waals surface area contributed by atoms with Gasteiger partial charge in [-0.05, 0) is 25.2 Å². The van der Waals surface area contributed by atoms with E-state index in [9.17, 15) is 10.2 Å². The third kappa shape index (κ3) is 1.28. The summed E-state index contributed by atoms with van der Waals surface area (Å²) in [6, 6.07) is 0. The number of aromatic hydroxyl groups is 2. The molecule has 0 saturated heterocycles. The van der Waals surface area contributed by atoms with Gasteiger partial charge in [0.15, 0.2) is 11.8 Å². The van der Waals surface area contributed by atoms with E-state index in [1.54, 1.807) is 0 Å². The van der Waals surface area contributed by atoms with Crippen molar-refractivity contribution in [1.82, 2.24) is 4.98 Å². The maximum absolute atomic E-state index is 9.94. The van der Waals surface area contributed by atoms with Gasteiger partial charge in [-0.1, -0.05) is 25.5 Å². The first-order chi connectivity index (χ1) is 8.00. The third-order valence-corrected chi connectivity index (χ3v) is 4.54. The molecule has 0 aliphatic heterocycles. The van der Waals surface area contributed by atoms with Gasteiger partial charge < -0.3 is 10.2 Å². The Morgan fingerprint density at radius 1 is 1.24 bits per heavy atom. The minimum Gasteiger partial charge on any atom is -0.494 e. The van der Waals surface area contributed by atoms with Crippen LogP contribution in [-0.2, 0) is 0 Å². The Morgan fingerprint density at radius 2 is 1.88 bits per heavy atom. The van der Waals surface area contributed by atoms with Gasteiger partial charge in [0, 0.05) is 23.0 Å². The lowest BCUT2D eigenvalue weighted by Crippen LogP contribution is -2.30. The Kier molecular flexibility index (Phi) is 2.09. The highest BCUT2D eigenvalue weighted by Crippen LogP contribution is 2.58. The summed E-state index contributed by atoms with van der Waals surface area (Å²) in [6.07, 6.45) is 3.36. The van der Waals surface area contributed by atoms with Crippen molar-refractivity contribution < 1.29 is 10.2 Å². The van der Waals surface area contributed by atoms with E-state index in [-0.39, 0.29) is 23.6 Å². The summed E-state index contributed by atoms with van der Waals surface area (Å²) in [6.45, 7) is 6.59. The molecular weight excluding hydrogens is 214 g/mol. The molecule has 0 aromatic carbocycles. The molecule has 3 aliphatic carbocycles. The molecule has 17 heavy (non-hydrogen) atoms. The molecule has 0 spiro atoms. The molecule has 3 atom stereocenters. The number of fused-ring (bicyclic) bond motifs is 1. The van der Waals surface area contributed by atoms with Crippen LogP contribution in [0.4, 0.5) is 0 Å². The highest BCUT2D eigenvalue weighted by molar-refractivity contribution is 5.57. The summed E-state index contributed by atoms with van der Waals surface area (Å²) in [4.78, 5) is 2.68. The molecular formula is C14H19NO2. The molecule has 92 valence electrons. The lowest BCUT2D eigenvalue weighted by atomic mass is 9.61. The van der Waals surface area contributed by atoms with E-state index < -0.39 is 0 Å². The second kappa shape index (κ2) is 3.31. The van der Waals surface area contributed by atoms with Crippen LogP contribution in [0.2, 0.25) is 0 Å². The Balaban J connectivity index is 2.18. The van der Waals surface area contributed by atoms with Crippen molar-refractivity contribution >= 4 is 0 Å². The standard InChI is InChI=1S/C14H19NO2/c1-6(2)8-5-9-7(3)4-10(8)12-11(9)13(16)15-14(12)17/h4,6,8-10,15-17H,5H2,1-3H3. The Morgan fingerprint density at radius 3 is 2.53 bits per heavy atom. The van der Waals surface area contributed by atoms with Crippen LogP contribution < -0.4 is 0 Å². The third-order valence-electron chi connectivity index (χ3n) is 4.54. The molecule has 0 saturated carbocycles. The monoisotopic (exact) mass is 233 g/mol. The van der Waals surface area contributed by atoms with Gasteiger partial charge in [0.1, 0.15) is 0 Å². The number of rotatable bonds is 1. The number of nitrogens with one attached hydrogen (secondary N) is 1. The molecule has 0 radical (unpaired) electrons. The fraction of sp³-hybridized carbons (Fsp3) is 0.571. The van der Waals surface area contributed by atoms with Gasteiger partial charge in [-0.25, -0.2) is 0 Å². The number of aromatic nitrogens is 1. The molecule has 3 unspecified atom stereocenters. The fourth-order valence-corrected chi connectivity index (χ4v) is 3.65. The van der Waals surface area contributed by atoms with Crippen molar-refractivity contribution in [1.29, 1.82) is 0 Å². The van der Waals surface area contributed by atoms with Crippen molar-refractivity contribution in [3.05, 3.63) is 22.8 Å². The summed E-state index contributed by atoms with van der Waals surface area (Å²) in [5.41, 5.74) is 3.20. The van der Waals surface area contributed by atoms with Crippen molar-refractivity contribution in [2.45, 2.75) is 39.0 Å². The first kappa shape index (κ1) is 10.8. The molecule has 1 aromatic rings. The van der Waals surface area contributed by atoms with Crippen molar-refractivity contribution in [3.63, 3.8) is 0 Å². The summed E-state index contributed by atoms with van der Waals surface area (Å²) in [5, 5.41) is 19.8. The maximum atomic E-state index is 9.94. The van der Waals surface area contributed by atoms with E-state index in [2.05, 4.69) is 31.8 Å². The van der Waals surface area contributed by atoms with E-state index in [1.807, 2.05) is 0 Å². The minimum atomic E-state index is 0.154. The van der Waals surface area contributed by atoms with Gasteiger partial charge in [0.05, 0.1) is 0 Å². The first-order valence-electron chi connectivity index (χ1n) is 6.32. The predicted octanol–water partition coefficient (Wildman–Crippen LogP) is 3.23. The lowest BCUT2D eigenvalue weighted by Gasteiger charge is -2.42. The zero-order valence-electron chi connectivity index (χ0n) is 10.5. The molecule has 0 fully saturated rings. The van der Waals surface area contributed by atoms with E-state index >= 15 is 0 Å². The zero-order valence-corrected chi connectivity index (χ0v) is 10.5. The maximum Gasteiger partial charge on any atom is 0.195 e. The molecule has 0 amide bonds. The van der Waals surface area contributed by atoms with Crippen LogP contribution in [0.3, 0.4) is 0 Å². The molecule has 3 heteroatoms. The molecule has 4 rings (SSSR count). The van der Waals surface area contributed by atoms with Crippen LogP contribution in [0.15, 0.2) is 11.6 Å². The van der Waals surface area contributed by atoms with Crippen LogP contribution in [0.5, 0.6) is 11.8 Å². The van der Waals surface area contributed by atoms with Crippen molar-refractivity contribution in [2.75, 3.05) is 0 Å². The van der Waals surface area contributed by atoms with Crippen molar-refractivity contribution in [2.24, 2.45) is 11.8 Å². The highest BCUT2D eigenvalue weighted by atomic mass is 16.3. The van der Waals surface area contributed by atoms with Gasteiger partial charge in [0.2, 0.25) is 0 Å². The molecule has 3 aliphatic rings. The average molecular weight is 233 g/mol. The largest absolute Gasteiger partial charge is 0.494 e. The number of aromatic amines is 1. The Bertz CT molecular complexity index is 499. The summed E-state index contributed by atoms with van der Waals surface area (Å²) >= 11 is 0. The average Bonchev–Trinajstić information content (AvgIpc) is 2.56. The number of allylic oxidation sites excluding steroid dienone is 2. The lowest BCUT2D eigenvalue weighted by molar-refractivity contribution is 0.273. The van der Waals surface area contributed by atoms with Crippen LogP contribution in [0.1, 0.15) is 50.2 Å². The summed E-state index contributed by atoms with van der Waals surface area (Å²) in [5.74, 6) is 2.00. The Hall–Kier alpha value is -1.38.